The van der Waals surface area contributed by atoms with Gasteiger partial charge in [0.05, 0.1) is 24.5 Å². The quantitative estimate of drug-likeness (QED) is 0.558. The summed E-state index contributed by atoms with van der Waals surface area (Å²) in [6.45, 7) is 11.1. The van der Waals surface area contributed by atoms with Crippen LogP contribution in [0.25, 0.3) is 0 Å². The van der Waals surface area contributed by atoms with Crippen molar-refractivity contribution < 1.29 is 29.0 Å². The van der Waals surface area contributed by atoms with E-state index in [1.54, 1.807) is 29.5 Å². The summed E-state index contributed by atoms with van der Waals surface area (Å²) in [7, 11) is 0. The van der Waals surface area contributed by atoms with Crippen molar-refractivity contribution in [3.8, 4) is 0 Å². The molecule has 0 unspecified atom stereocenters. The second kappa shape index (κ2) is 11.8. The zero-order chi connectivity index (χ0) is 24.6. The van der Waals surface area contributed by atoms with Gasteiger partial charge in [0.1, 0.15) is 10.8 Å². The Bertz CT molecular complexity index is 956. The fraction of sp³-hybridized carbons (Fsp3) is 0.455. The van der Waals surface area contributed by atoms with Crippen molar-refractivity contribution in [2.75, 3.05) is 38.0 Å². The van der Waals surface area contributed by atoms with Gasteiger partial charge >= 0.3 is 11.9 Å². The second-order valence-corrected chi connectivity index (χ2v) is 9.51. The standard InChI is InChI=1S/C20H27FN4OS.C2H2O4/c1-20(2,3)17-14-27-19(23-17)13-25-10-8-24(9-11-25)12-18(26)22-16-7-5-4-6-15(16)21;3-1(4)2(5)6/h4-7,14H,8-13H2,1-3H3,(H,22,26);(H,3,4)(H,5,6). The highest BCUT2D eigenvalue weighted by molar-refractivity contribution is 7.09. The summed E-state index contributed by atoms with van der Waals surface area (Å²) < 4.78 is 13.6. The lowest BCUT2D eigenvalue weighted by Gasteiger charge is -2.33. The van der Waals surface area contributed by atoms with Gasteiger partial charge in [0.2, 0.25) is 5.91 Å². The number of hydrogen-bond donors (Lipinski definition) is 3. The summed E-state index contributed by atoms with van der Waals surface area (Å²) in [5.41, 5.74) is 1.46. The molecule has 180 valence electrons. The van der Waals surface area contributed by atoms with Gasteiger partial charge in [-0.2, -0.15) is 0 Å². The van der Waals surface area contributed by atoms with Crippen molar-refractivity contribution in [2.45, 2.75) is 32.7 Å². The lowest BCUT2D eigenvalue weighted by Crippen LogP contribution is -2.48. The molecule has 33 heavy (non-hydrogen) atoms. The third kappa shape index (κ3) is 8.87. The van der Waals surface area contributed by atoms with E-state index in [1.165, 1.54) is 6.07 Å². The van der Waals surface area contributed by atoms with E-state index in [0.717, 1.165) is 43.4 Å². The lowest BCUT2D eigenvalue weighted by molar-refractivity contribution is -0.159. The van der Waals surface area contributed by atoms with Gasteiger partial charge in [-0.05, 0) is 12.1 Å². The van der Waals surface area contributed by atoms with Crippen LogP contribution in [0.1, 0.15) is 31.5 Å². The number of carboxylic acid groups (broad SMARTS) is 2. The number of hydrogen-bond acceptors (Lipinski definition) is 7. The van der Waals surface area contributed by atoms with Crippen LogP contribution < -0.4 is 5.32 Å². The van der Waals surface area contributed by atoms with Crippen molar-refractivity contribution in [3.05, 3.63) is 46.2 Å². The van der Waals surface area contributed by atoms with Gasteiger partial charge in [-0.15, -0.1) is 11.3 Å². The van der Waals surface area contributed by atoms with E-state index in [0.29, 0.717) is 0 Å². The van der Waals surface area contributed by atoms with Crippen LogP contribution in [0.4, 0.5) is 10.1 Å². The zero-order valence-corrected chi connectivity index (χ0v) is 19.7. The number of halogens is 1. The van der Waals surface area contributed by atoms with E-state index in [9.17, 15) is 9.18 Å². The first-order valence-electron chi connectivity index (χ1n) is 10.4. The molecular weight excluding hydrogens is 451 g/mol. The summed E-state index contributed by atoms with van der Waals surface area (Å²) in [4.78, 5) is 39.6. The Balaban J connectivity index is 0.000000569. The number of amides is 1. The zero-order valence-electron chi connectivity index (χ0n) is 18.9. The minimum Gasteiger partial charge on any atom is -0.473 e. The maximum Gasteiger partial charge on any atom is 0.414 e. The molecule has 11 heteroatoms. The number of nitrogens with one attached hydrogen (secondary N) is 1. The fourth-order valence-corrected chi connectivity index (χ4v) is 4.04. The number of nitrogens with zero attached hydrogens (tertiary/aromatic N) is 3. The normalized spacial score (nSPS) is 14.8. The minimum atomic E-state index is -1.82. The monoisotopic (exact) mass is 480 g/mol. The van der Waals surface area contributed by atoms with Crippen molar-refractivity contribution in [3.63, 3.8) is 0 Å². The molecule has 1 aliphatic rings. The number of piperazine rings is 1. The van der Waals surface area contributed by atoms with Crippen molar-refractivity contribution >= 4 is 34.9 Å². The maximum atomic E-state index is 13.6. The largest absolute Gasteiger partial charge is 0.473 e. The van der Waals surface area contributed by atoms with Gasteiger partial charge in [-0.1, -0.05) is 32.9 Å². The molecule has 2 heterocycles. The first-order valence-corrected chi connectivity index (χ1v) is 11.2. The minimum absolute atomic E-state index is 0.0824. The molecule has 1 aromatic carbocycles. The van der Waals surface area contributed by atoms with Crippen LogP contribution in [-0.4, -0.2) is 75.6 Å². The molecule has 2 aromatic rings. The summed E-state index contributed by atoms with van der Waals surface area (Å²) in [5, 5.41) is 20.7. The van der Waals surface area contributed by atoms with Crippen LogP contribution in [0.5, 0.6) is 0 Å². The van der Waals surface area contributed by atoms with Crippen molar-refractivity contribution in [2.24, 2.45) is 0 Å². The van der Waals surface area contributed by atoms with Crippen LogP contribution in [-0.2, 0) is 26.3 Å². The molecule has 0 aliphatic carbocycles. The lowest BCUT2D eigenvalue weighted by atomic mass is 9.93. The van der Waals surface area contributed by atoms with E-state index >= 15 is 0 Å². The number of rotatable bonds is 5. The SMILES string of the molecule is CC(C)(C)c1csc(CN2CCN(CC(=O)Nc3ccccc3F)CC2)n1.O=C(O)C(=O)O. The van der Waals surface area contributed by atoms with Crippen LogP contribution >= 0.6 is 11.3 Å². The molecule has 3 rings (SSSR count). The first-order chi connectivity index (χ1) is 15.5. The summed E-state index contributed by atoms with van der Waals surface area (Å²) in [5.74, 6) is -4.23. The Morgan fingerprint density at radius 2 is 1.64 bits per heavy atom. The number of carboxylic acids is 2. The van der Waals surface area contributed by atoms with Gasteiger partial charge < -0.3 is 15.5 Å². The number of benzene rings is 1. The number of thiazole rings is 1. The molecule has 0 atom stereocenters. The maximum absolute atomic E-state index is 13.6. The van der Waals surface area contributed by atoms with E-state index < -0.39 is 17.8 Å². The van der Waals surface area contributed by atoms with Crippen molar-refractivity contribution in [1.82, 2.24) is 14.8 Å². The Labute approximate surface area is 195 Å². The number of aromatic nitrogens is 1. The van der Waals surface area contributed by atoms with Crippen molar-refractivity contribution in [1.29, 1.82) is 0 Å². The highest BCUT2D eigenvalue weighted by Crippen LogP contribution is 2.24. The average Bonchev–Trinajstić information content (AvgIpc) is 3.21. The summed E-state index contributed by atoms with van der Waals surface area (Å²) in [6, 6.07) is 6.24. The Hall–Kier alpha value is -2.89. The Morgan fingerprint density at radius 3 is 2.15 bits per heavy atom. The van der Waals surface area contributed by atoms with E-state index in [4.69, 9.17) is 24.8 Å². The summed E-state index contributed by atoms with van der Waals surface area (Å²) in [6.07, 6.45) is 0. The third-order valence-corrected chi connectivity index (χ3v) is 5.68. The van der Waals surface area contributed by atoms with Gasteiger partial charge in [0, 0.05) is 37.0 Å². The van der Waals surface area contributed by atoms with E-state index in [1.807, 2.05) is 0 Å². The second-order valence-electron chi connectivity index (χ2n) is 8.57. The predicted octanol–water partition coefficient (Wildman–Crippen LogP) is 2.49. The highest BCUT2D eigenvalue weighted by Gasteiger charge is 2.22. The Morgan fingerprint density at radius 1 is 1.06 bits per heavy atom. The molecule has 1 fully saturated rings. The number of carbonyl (C=O) groups is 3. The molecule has 1 saturated heterocycles. The van der Waals surface area contributed by atoms with Crippen LogP contribution in [0.3, 0.4) is 0 Å². The fourth-order valence-electron chi connectivity index (χ4n) is 2.98. The van der Waals surface area contributed by atoms with Crippen LogP contribution in [0.15, 0.2) is 29.6 Å². The molecule has 1 amide bonds. The van der Waals surface area contributed by atoms with Crippen LogP contribution in [0, 0.1) is 5.82 Å². The molecule has 0 saturated carbocycles. The van der Waals surface area contributed by atoms with Crippen LogP contribution in [0.2, 0.25) is 0 Å². The van der Waals surface area contributed by atoms with Gasteiger partial charge in [-0.25, -0.2) is 19.0 Å². The number of anilines is 1. The number of aliphatic carboxylic acids is 2. The average molecular weight is 481 g/mol. The number of carbonyl (C=O) groups excluding carboxylic acids is 1. The molecule has 0 spiro atoms. The molecule has 3 N–H and O–H groups in total. The number of para-hydroxylation sites is 1. The highest BCUT2D eigenvalue weighted by atomic mass is 32.1. The van der Waals surface area contributed by atoms with E-state index in [-0.39, 0.29) is 23.6 Å². The molecule has 1 aliphatic heterocycles. The smallest absolute Gasteiger partial charge is 0.414 e. The van der Waals surface area contributed by atoms with Gasteiger partial charge in [0.15, 0.2) is 0 Å². The third-order valence-electron chi connectivity index (χ3n) is 4.84. The van der Waals surface area contributed by atoms with Gasteiger partial charge in [0.25, 0.3) is 0 Å². The topological polar surface area (TPSA) is 123 Å². The molecule has 9 nitrogen and oxygen atoms in total. The molecule has 0 bridgehead atoms. The Kier molecular flexibility index (Phi) is 9.44. The molecular formula is C22H29FN4O5S. The predicted molar refractivity (Wildman–Crippen MR) is 123 cm³/mol. The molecule has 1 aromatic heterocycles. The van der Waals surface area contributed by atoms with E-state index in [2.05, 4.69) is 41.3 Å². The first kappa shape index (κ1) is 26.4. The van der Waals surface area contributed by atoms with Gasteiger partial charge in [-0.3, -0.25) is 14.6 Å². The summed E-state index contributed by atoms with van der Waals surface area (Å²) >= 11 is 1.72. The molecule has 0 radical (unpaired) electrons.